The van der Waals surface area contributed by atoms with Crippen molar-refractivity contribution in [2.24, 2.45) is 5.92 Å². The van der Waals surface area contributed by atoms with Gasteiger partial charge in [-0.3, -0.25) is 9.59 Å². The van der Waals surface area contributed by atoms with E-state index in [0.29, 0.717) is 18.4 Å². The molecule has 5 nitrogen and oxygen atoms in total. The highest BCUT2D eigenvalue weighted by atomic mass is 16.4. The van der Waals surface area contributed by atoms with Gasteiger partial charge in [0.15, 0.2) is 0 Å². The van der Waals surface area contributed by atoms with Crippen molar-refractivity contribution in [3.63, 3.8) is 0 Å². The van der Waals surface area contributed by atoms with E-state index >= 15 is 0 Å². The number of fused-ring (bicyclic) bond motifs is 1. The van der Waals surface area contributed by atoms with Crippen molar-refractivity contribution in [2.75, 3.05) is 0 Å². The number of carbonyl (C=O) groups excluding carboxylic acids is 1. The van der Waals surface area contributed by atoms with Crippen LogP contribution in [0.15, 0.2) is 30.5 Å². The highest BCUT2D eigenvalue weighted by Crippen LogP contribution is 2.26. The van der Waals surface area contributed by atoms with E-state index in [0.717, 1.165) is 17.3 Å². The molecule has 5 heteroatoms. The summed E-state index contributed by atoms with van der Waals surface area (Å²) in [6.45, 7) is 0. The standard InChI is InChI=1S/C15H16N2O3/c18-14(17-12-3-1-11(8-12)15(19)20)10-2-4-13-9(7-10)5-6-16-13/h2,4-7,11-12,16H,1,3,8H2,(H,17,18)(H,19,20)/t11-,12-/m1/s1. The summed E-state index contributed by atoms with van der Waals surface area (Å²) in [4.78, 5) is 26.2. The van der Waals surface area contributed by atoms with Crippen LogP contribution in [0.4, 0.5) is 0 Å². The Labute approximate surface area is 116 Å². The average molecular weight is 272 g/mol. The highest BCUT2D eigenvalue weighted by Gasteiger charge is 2.30. The number of aromatic nitrogens is 1. The molecule has 2 atom stereocenters. The van der Waals surface area contributed by atoms with Crippen LogP contribution in [0.2, 0.25) is 0 Å². The van der Waals surface area contributed by atoms with Crippen molar-refractivity contribution < 1.29 is 14.7 Å². The molecule has 1 saturated carbocycles. The van der Waals surface area contributed by atoms with Gasteiger partial charge < -0.3 is 15.4 Å². The van der Waals surface area contributed by atoms with E-state index < -0.39 is 5.97 Å². The van der Waals surface area contributed by atoms with Crippen molar-refractivity contribution in [1.29, 1.82) is 0 Å². The number of nitrogens with one attached hydrogen (secondary N) is 2. The van der Waals surface area contributed by atoms with Gasteiger partial charge in [0.05, 0.1) is 5.92 Å². The maximum atomic E-state index is 12.2. The fraction of sp³-hybridized carbons (Fsp3) is 0.333. The van der Waals surface area contributed by atoms with Crippen molar-refractivity contribution in [2.45, 2.75) is 25.3 Å². The summed E-state index contributed by atoms with van der Waals surface area (Å²) in [5, 5.41) is 12.9. The number of rotatable bonds is 3. The fourth-order valence-corrected chi connectivity index (χ4v) is 2.80. The number of hydrogen-bond acceptors (Lipinski definition) is 2. The summed E-state index contributed by atoms with van der Waals surface area (Å²) in [5.41, 5.74) is 1.60. The van der Waals surface area contributed by atoms with Gasteiger partial charge in [-0.1, -0.05) is 0 Å². The van der Waals surface area contributed by atoms with Gasteiger partial charge in [-0.15, -0.1) is 0 Å². The van der Waals surface area contributed by atoms with Gasteiger partial charge in [0.1, 0.15) is 0 Å². The van der Waals surface area contributed by atoms with Crippen molar-refractivity contribution in [3.05, 3.63) is 36.0 Å². The Kier molecular flexibility index (Phi) is 3.18. The third-order valence-electron chi connectivity index (χ3n) is 3.93. The van der Waals surface area contributed by atoms with Gasteiger partial charge in [-0.05, 0) is 43.5 Å². The zero-order valence-corrected chi connectivity index (χ0v) is 10.9. The van der Waals surface area contributed by atoms with E-state index in [2.05, 4.69) is 10.3 Å². The van der Waals surface area contributed by atoms with Gasteiger partial charge in [0.2, 0.25) is 0 Å². The van der Waals surface area contributed by atoms with Gasteiger partial charge in [-0.2, -0.15) is 0 Å². The first-order chi connectivity index (χ1) is 9.63. The third kappa shape index (κ3) is 2.39. The van der Waals surface area contributed by atoms with E-state index in [1.54, 1.807) is 6.07 Å². The lowest BCUT2D eigenvalue weighted by molar-refractivity contribution is -0.141. The second-order valence-corrected chi connectivity index (χ2v) is 5.30. The Morgan fingerprint density at radius 3 is 2.85 bits per heavy atom. The van der Waals surface area contributed by atoms with Crippen LogP contribution in [-0.2, 0) is 4.79 Å². The van der Waals surface area contributed by atoms with Crippen molar-refractivity contribution in [3.8, 4) is 0 Å². The SMILES string of the molecule is O=C(N[C@@H]1CC[C@@H](C(=O)O)C1)c1ccc2[nH]ccc2c1. The van der Waals surface area contributed by atoms with Crippen molar-refractivity contribution >= 4 is 22.8 Å². The summed E-state index contributed by atoms with van der Waals surface area (Å²) >= 11 is 0. The number of hydrogen-bond donors (Lipinski definition) is 3. The predicted molar refractivity (Wildman–Crippen MR) is 74.5 cm³/mol. The molecule has 2 aromatic rings. The summed E-state index contributed by atoms with van der Waals surface area (Å²) in [5.74, 6) is -1.23. The molecule has 3 rings (SSSR count). The quantitative estimate of drug-likeness (QED) is 0.800. The Bertz CT molecular complexity index is 662. The second-order valence-electron chi connectivity index (χ2n) is 5.30. The van der Waals surface area contributed by atoms with Crippen LogP contribution in [0.5, 0.6) is 0 Å². The maximum Gasteiger partial charge on any atom is 0.306 e. The molecule has 1 aromatic heterocycles. The van der Waals surface area contributed by atoms with E-state index in [4.69, 9.17) is 5.11 Å². The lowest BCUT2D eigenvalue weighted by Crippen LogP contribution is -2.33. The van der Waals surface area contributed by atoms with Crippen LogP contribution in [-0.4, -0.2) is 28.0 Å². The molecule has 20 heavy (non-hydrogen) atoms. The maximum absolute atomic E-state index is 12.2. The molecular weight excluding hydrogens is 256 g/mol. The van der Waals surface area contributed by atoms with Crippen LogP contribution in [0.1, 0.15) is 29.6 Å². The molecule has 1 aliphatic carbocycles. The third-order valence-corrected chi connectivity index (χ3v) is 3.93. The zero-order valence-electron chi connectivity index (χ0n) is 10.9. The molecular formula is C15H16N2O3. The Morgan fingerprint density at radius 2 is 2.10 bits per heavy atom. The molecule has 0 saturated heterocycles. The van der Waals surface area contributed by atoms with Crippen molar-refractivity contribution in [1.82, 2.24) is 10.3 Å². The molecule has 0 unspecified atom stereocenters. The molecule has 1 aliphatic rings. The summed E-state index contributed by atoms with van der Waals surface area (Å²) < 4.78 is 0. The zero-order chi connectivity index (χ0) is 14.1. The van der Waals surface area contributed by atoms with E-state index in [1.807, 2.05) is 24.4 Å². The first-order valence-corrected chi connectivity index (χ1v) is 6.74. The van der Waals surface area contributed by atoms with E-state index in [1.165, 1.54) is 0 Å². The summed E-state index contributed by atoms with van der Waals surface area (Å²) in [6, 6.07) is 7.37. The Balaban J connectivity index is 1.68. The largest absolute Gasteiger partial charge is 0.481 e. The number of aromatic amines is 1. The molecule has 0 aliphatic heterocycles. The molecule has 1 fully saturated rings. The van der Waals surface area contributed by atoms with Crippen LogP contribution in [0.25, 0.3) is 10.9 Å². The van der Waals surface area contributed by atoms with Crippen LogP contribution < -0.4 is 5.32 Å². The molecule has 1 aromatic carbocycles. The molecule has 1 heterocycles. The van der Waals surface area contributed by atoms with Crippen LogP contribution in [0.3, 0.4) is 0 Å². The Hall–Kier alpha value is -2.30. The molecule has 1 amide bonds. The monoisotopic (exact) mass is 272 g/mol. The van der Waals surface area contributed by atoms with Crippen LogP contribution >= 0.6 is 0 Å². The lowest BCUT2D eigenvalue weighted by Gasteiger charge is -2.12. The molecule has 3 N–H and O–H groups in total. The number of carbonyl (C=O) groups is 2. The lowest BCUT2D eigenvalue weighted by atomic mass is 10.1. The summed E-state index contributed by atoms with van der Waals surface area (Å²) in [7, 11) is 0. The number of H-pyrrole nitrogens is 1. The summed E-state index contributed by atoms with van der Waals surface area (Å²) in [6.07, 6.45) is 3.72. The average Bonchev–Trinajstić information content (AvgIpc) is 3.05. The highest BCUT2D eigenvalue weighted by molar-refractivity contribution is 5.98. The number of benzene rings is 1. The second kappa shape index (κ2) is 5.00. The molecule has 104 valence electrons. The first kappa shape index (κ1) is 12.7. The molecule has 0 radical (unpaired) electrons. The van der Waals surface area contributed by atoms with Gasteiger partial charge in [0, 0.05) is 28.7 Å². The fourth-order valence-electron chi connectivity index (χ4n) is 2.80. The molecule has 0 bridgehead atoms. The van der Waals surface area contributed by atoms with Gasteiger partial charge in [0.25, 0.3) is 5.91 Å². The number of aliphatic carboxylic acids is 1. The number of carboxylic acids is 1. The van der Waals surface area contributed by atoms with Crippen LogP contribution in [0, 0.1) is 5.92 Å². The number of amides is 1. The minimum absolute atomic E-state index is 0.0366. The molecule has 0 spiro atoms. The van der Waals surface area contributed by atoms with E-state index in [9.17, 15) is 9.59 Å². The van der Waals surface area contributed by atoms with Gasteiger partial charge >= 0.3 is 5.97 Å². The minimum atomic E-state index is -0.768. The topological polar surface area (TPSA) is 82.2 Å². The number of carboxylic acid groups (broad SMARTS) is 1. The normalized spacial score (nSPS) is 22.0. The van der Waals surface area contributed by atoms with Gasteiger partial charge in [-0.25, -0.2) is 0 Å². The minimum Gasteiger partial charge on any atom is -0.481 e. The first-order valence-electron chi connectivity index (χ1n) is 6.74. The van der Waals surface area contributed by atoms with E-state index in [-0.39, 0.29) is 17.9 Å². The Morgan fingerprint density at radius 1 is 1.25 bits per heavy atom. The smallest absolute Gasteiger partial charge is 0.306 e. The predicted octanol–water partition coefficient (Wildman–Crippen LogP) is 2.15.